The Morgan fingerprint density at radius 3 is 1.40 bits per heavy atom. The van der Waals surface area contributed by atoms with E-state index in [1.165, 1.54) is 7.11 Å². The third-order valence-corrected chi connectivity index (χ3v) is 8.05. The molecule has 12 nitrogen and oxygen atoms in total. The van der Waals surface area contributed by atoms with Crippen molar-refractivity contribution < 1.29 is 68.0 Å². The van der Waals surface area contributed by atoms with Crippen LogP contribution in [0.25, 0.3) is 0 Å². The number of esters is 1. The van der Waals surface area contributed by atoms with Crippen LogP contribution in [-0.2, 0) is 20.8 Å². The molecule has 2 aliphatic heterocycles. The van der Waals surface area contributed by atoms with Crippen molar-refractivity contribution in [1.82, 2.24) is 9.80 Å². The Morgan fingerprint density at radius 2 is 1.02 bits per heavy atom. The Morgan fingerprint density at radius 1 is 0.615 bits per heavy atom. The molecule has 276 valence electrons. The fourth-order valence-electron chi connectivity index (χ4n) is 5.38. The first-order valence-corrected chi connectivity index (χ1v) is 17.2. The van der Waals surface area contributed by atoms with Crippen LogP contribution < -0.4 is 49.2 Å². The molecule has 0 aliphatic carbocycles. The molecule has 0 N–H and O–H groups in total. The number of ether oxygens (including phenoxy) is 4. The van der Waals surface area contributed by atoms with Crippen LogP contribution in [0.4, 0.5) is 21.0 Å². The molecule has 0 saturated carbocycles. The van der Waals surface area contributed by atoms with E-state index in [1.54, 1.807) is 34.1 Å². The number of amides is 2. The molecular weight excluding hydrogens is 675 g/mol. The number of piperazine rings is 2. The molecule has 0 bridgehead atoms. The molecule has 0 radical (unpaired) electrons. The molecule has 13 heteroatoms. The fourth-order valence-corrected chi connectivity index (χ4v) is 5.38. The fraction of sp³-hybridized carbons (Fsp3) is 0.462. The van der Waals surface area contributed by atoms with Crippen LogP contribution in [0, 0.1) is 0 Å². The van der Waals surface area contributed by atoms with Gasteiger partial charge in [-0.05, 0) is 95.6 Å². The van der Waals surface area contributed by atoms with E-state index in [2.05, 4.69) is 9.80 Å². The van der Waals surface area contributed by atoms with Crippen molar-refractivity contribution in [3.05, 3.63) is 83.9 Å². The van der Waals surface area contributed by atoms with Crippen LogP contribution >= 0.6 is 0 Å². The summed E-state index contributed by atoms with van der Waals surface area (Å²) in [5.41, 5.74) is 2.66. The molecular formula is C39H51N4NaO8. The second kappa shape index (κ2) is 19.1. The second-order valence-electron chi connectivity index (χ2n) is 14.4. The van der Waals surface area contributed by atoms with Crippen LogP contribution in [0.5, 0.6) is 11.5 Å². The van der Waals surface area contributed by atoms with Gasteiger partial charge in [-0.15, -0.1) is 5.75 Å². The van der Waals surface area contributed by atoms with Gasteiger partial charge in [0.1, 0.15) is 23.6 Å². The number of hydrogen-bond donors (Lipinski definition) is 0. The van der Waals surface area contributed by atoms with Crippen LogP contribution in [-0.4, -0.2) is 98.6 Å². The molecule has 2 fully saturated rings. The summed E-state index contributed by atoms with van der Waals surface area (Å²) >= 11 is 0. The number of carbonyl (C=O) groups excluding carboxylic acids is 3. The standard InChI is InChI=1S/C24H30N2O5.C15H22N2O3.Na/c1-24(2,3)31-23(28)26-15-13-25(14-16-26)20-9-11-21(12-10-20)30-17-18-5-7-19(8-6-18)22(27)29-4;1-15(2,3)20-14(19)17-10-8-16(9-11-17)12-4-6-13(18)7-5-12;/h5-12H,13-17H2,1-4H3;4-7,18H,8-11H2,1-3H3;/q;;+1/p-1. The molecule has 0 aromatic heterocycles. The van der Waals surface area contributed by atoms with E-state index in [0.29, 0.717) is 38.3 Å². The monoisotopic (exact) mass is 726 g/mol. The van der Waals surface area contributed by atoms with Gasteiger partial charge in [0.05, 0.1) is 12.7 Å². The molecule has 2 aliphatic rings. The van der Waals surface area contributed by atoms with Gasteiger partial charge in [-0.25, -0.2) is 14.4 Å². The van der Waals surface area contributed by atoms with Gasteiger partial charge in [-0.3, -0.25) is 0 Å². The molecule has 52 heavy (non-hydrogen) atoms. The molecule has 3 aromatic rings. The molecule has 2 heterocycles. The SMILES string of the molecule is CC(C)(C)OC(=O)N1CCN(c2ccc([O-])cc2)CC1.COC(=O)c1ccc(COc2ccc(N3CCN(C(=O)OC(C)(C)C)CC3)cc2)cc1.[Na+]. The van der Waals surface area contributed by atoms with E-state index < -0.39 is 11.2 Å². The number of rotatable bonds is 6. The third kappa shape index (κ3) is 13.4. The average Bonchev–Trinajstić information content (AvgIpc) is 3.10. The van der Waals surface area contributed by atoms with Crippen molar-refractivity contribution >= 4 is 29.5 Å². The summed E-state index contributed by atoms with van der Waals surface area (Å²) in [6.07, 6.45) is -0.512. The molecule has 0 spiro atoms. The summed E-state index contributed by atoms with van der Waals surface area (Å²) in [4.78, 5) is 43.5. The predicted octanol–water partition coefficient (Wildman–Crippen LogP) is 2.93. The van der Waals surface area contributed by atoms with E-state index in [-0.39, 0.29) is 53.5 Å². The van der Waals surface area contributed by atoms with Gasteiger partial charge < -0.3 is 43.7 Å². The van der Waals surface area contributed by atoms with Gasteiger partial charge in [0.25, 0.3) is 0 Å². The zero-order chi connectivity index (χ0) is 37.2. The molecule has 0 unspecified atom stereocenters. The number of benzene rings is 3. The summed E-state index contributed by atoms with van der Waals surface area (Å²) in [5.74, 6) is 0.435. The van der Waals surface area contributed by atoms with E-state index in [0.717, 1.165) is 48.9 Å². The molecule has 2 saturated heterocycles. The van der Waals surface area contributed by atoms with Crippen molar-refractivity contribution in [2.45, 2.75) is 59.4 Å². The first-order chi connectivity index (χ1) is 24.1. The molecule has 2 amide bonds. The first kappa shape index (κ1) is 42.3. The summed E-state index contributed by atoms with van der Waals surface area (Å²) < 4.78 is 21.4. The molecule has 0 atom stereocenters. The largest absolute Gasteiger partial charge is 1.00 e. The number of carbonyl (C=O) groups is 3. The molecule has 5 rings (SSSR count). The van der Waals surface area contributed by atoms with Gasteiger partial charge >= 0.3 is 47.7 Å². The smallest absolute Gasteiger partial charge is 0.872 e. The van der Waals surface area contributed by atoms with E-state index in [9.17, 15) is 19.5 Å². The topological polar surface area (TPSA) is 124 Å². The quantitative estimate of drug-likeness (QED) is 0.213. The third-order valence-electron chi connectivity index (χ3n) is 8.05. The normalized spacial score (nSPS) is 14.7. The van der Waals surface area contributed by atoms with Gasteiger partial charge in [-0.2, -0.15) is 0 Å². The maximum Gasteiger partial charge on any atom is 1.00 e. The Balaban J connectivity index is 0.000000301. The van der Waals surface area contributed by atoms with Gasteiger partial charge in [0.15, 0.2) is 0 Å². The molecule has 3 aromatic carbocycles. The Labute approximate surface area is 329 Å². The second-order valence-corrected chi connectivity index (χ2v) is 14.4. The Bertz CT molecular complexity index is 1570. The summed E-state index contributed by atoms with van der Waals surface area (Å²) in [5, 5.41) is 11.1. The summed E-state index contributed by atoms with van der Waals surface area (Å²) in [6, 6.07) is 21.9. The zero-order valence-corrected chi connectivity index (χ0v) is 33.8. The minimum atomic E-state index is -0.479. The van der Waals surface area contributed by atoms with E-state index in [4.69, 9.17) is 18.9 Å². The van der Waals surface area contributed by atoms with Crippen LogP contribution in [0.2, 0.25) is 0 Å². The van der Waals surface area contributed by atoms with Crippen molar-refractivity contribution in [1.29, 1.82) is 0 Å². The maximum absolute atomic E-state index is 12.2. The van der Waals surface area contributed by atoms with Crippen molar-refractivity contribution in [3.8, 4) is 11.5 Å². The summed E-state index contributed by atoms with van der Waals surface area (Å²) in [6.45, 7) is 17.2. The average molecular weight is 727 g/mol. The number of anilines is 2. The number of nitrogens with zero attached hydrogens (tertiary/aromatic N) is 4. The van der Waals surface area contributed by atoms with Crippen LogP contribution in [0.15, 0.2) is 72.8 Å². The minimum Gasteiger partial charge on any atom is -0.872 e. The predicted molar refractivity (Wildman–Crippen MR) is 194 cm³/mol. The van der Waals surface area contributed by atoms with Crippen molar-refractivity contribution in [3.63, 3.8) is 0 Å². The van der Waals surface area contributed by atoms with Crippen LogP contribution in [0.3, 0.4) is 0 Å². The van der Waals surface area contributed by atoms with Crippen molar-refractivity contribution in [2.24, 2.45) is 0 Å². The van der Waals surface area contributed by atoms with Crippen molar-refractivity contribution in [2.75, 3.05) is 69.3 Å². The minimum absolute atomic E-state index is 0. The van der Waals surface area contributed by atoms with Gasteiger partial charge in [0.2, 0.25) is 0 Å². The van der Waals surface area contributed by atoms with E-state index in [1.807, 2.05) is 90.1 Å². The van der Waals surface area contributed by atoms with Gasteiger partial charge in [-0.1, -0.05) is 24.3 Å². The summed E-state index contributed by atoms with van der Waals surface area (Å²) in [7, 11) is 1.37. The maximum atomic E-state index is 12.2. The number of hydrogen-bond acceptors (Lipinski definition) is 10. The Kier molecular flexibility index (Phi) is 15.5. The Hall–Kier alpha value is -4.13. The van der Waals surface area contributed by atoms with Crippen LogP contribution in [0.1, 0.15) is 57.5 Å². The number of methoxy groups -OCH3 is 1. The first-order valence-electron chi connectivity index (χ1n) is 17.2. The zero-order valence-electron chi connectivity index (χ0n) is 31.8. The van der Waals surface area contributed by atoms with E-state index >= 15 is 0 Å². The van der Waals surface area contributed by atoms with Gasteiger partial charge in [0, 0.05) is 63.7 Å².